The van der Waals surface area contributed by atoms with Crippen molar-refractivity contribution in [3.63, 3.8) is 0 Å². The number of nitrogens with zero attached hydrogens (tertiary/aromatic N) is 1. The maximum absolute atomic E-state index is 12.8. The molecular weight excluding hydrogens is 266 g/mol. The Morgan fingerprint density at radius 2 is 2.12 bits per heavy atom. The third kappa shape index (κ3) is 3.55. The smallest absolute Gasteiger partial charge is 0.396 e. The molecule has 8 heteroatoms. The molecule has 0 aromatic carbocycles. The highest BCUT2D eigenvalue weighted by Gasteiger charge is 2.43. The molecule has 1 atom stereocenters. The Labute approximate surface area is 98.0 Å². The summed E-state index contributed by atoms with van der Waals surface area (Å²) in [6.07, 6.45) is -5.41. The first-order valence-corrected chi connectivity index (χ1v) is 4.69. The molecule has 1 heterocycles. The van der Waals surface area contributed by atoms with Crippen LogP contribution in [0.3, 0.4) is 0 Å². The average molecular weight is 272 g/mol. The van der Waals surface area contributed by atoms with Crippen LogP contribution in [0.2, 0.25) is 5.15 Å². The summed E-state index contributed by atoms with van der Waals surface area (Å²) in [6.45, 7) is 0. The third-order valence-corrected chi connectivity index (χ3v) is 2.30. The van der Waals surface area contributed by atoms with E-state index in [9.17, 15) is 22.4 Å². The number of hydrogen-bond donors (Lipinski definition) is 1. The van der Waals surface area contributed by atoms with Crippen LogP contribution in [-0.4, -0.2) is 22.2 Å². The highest BCUT2D eigenvalue weighted by Crippen LogP contribution is 2.39. The highest BCUT2D eigenvalue weighted by molar-refractivity contribution is 6.30. The lowest BCUT2D eigenvalue weighted by atomic mass is 9.96. The van der Waals surface area contributed by atoms with Gasteiger partial charge < -0.3 is 5.11 Å². The first kappa shape index (κ1) is 13.7. The van der Waals surface area contributed by atoms with E-state index in [2.05, 4.69) is 4.98 Å². The number of alkyl halides is 3. The minimum absolute atomic E-state index is 0.538. The quantitative estimate of drug-likeness (QED) is 0.679. The first-order chi connectivity index (χ1) is 7.71. The summed E-state index contributed by atoms with van der Waals surface area (Å²) in [5, 5.41) is 7.85. The van der Waals surface area contributed by atoms with E-state index in [-0.39, 0.29) is 0 Å². The molecule has 17 heavy (non-hydrogen) atoms. The van der Waals surface area contributed by atoms with Gasteiger partial charge in [0.25, 0.3) is 0 Å². The van der Waals surface area contributed by atoms with Crippen LogP contribution in [0.25, 0.3) is 0 Å². The lowest BCUT2D eigenvalue weighted by Crippen LogP contribution is -2.24. The van der Waals surface area contributed by atoms with E-state index in [1.165, 1.54) is 0 Å². The molecule has 1 rings (SSSR count). The number of aromatic nitrogens is 1. The number of hydrogen-bond acceptors (Lipinski definition) is 2. The monoisotopic (exact) mass is 271 g/mol. The van der Waals surface area contributed by atoms with Crippen LogP contribution in [0.5, 0.6) is 0 Å². The number of carboxylic acids is 1. The van der Waals surface area contributed by atoms with Gasteiger partial charge in [-0.05, 0) is 6.07 Å². The molecule has 0 aliphatic heterocycles. The van der Waals surface area contributed by atoms with Crippen molar-refractivity contribution in [2.75, 3.05) is 0 Å². The van der Waals surface area contributed by atoms with Crippen LogP contribution >= 0.6 is 11.6 Å². The van der Waals surface area contributed by atoms with Gasteiger partial charge in [0.15, 0.2) is 0 Å². The molecule has 0 spiro atoms. The fourth-order valence-electron chi connectivity index (χ4n) is 1.26. The van der Waals surface area contributed by atoms with E-state index >= 15 is 0 Å². The van der Waals surface area contributed by atoms with Crippen molar-refractivity contribution in [2.45, 2.75) is 18.5 Å². The summed E-state index contributed by atoms with van der Waals surface area (Å²) < 4.78 is 50.6. The second-order valence-corrected chi connectivity index (χ2v) is 3.58. The maximum atomic E-state index is 12.8. The number of rotatable bonds is 3. The summed E-state index contributed by atoms with van der Waals surface area (Å²) >= 11 is 5.41. The van der Waals surface area contributed by atoms with E-state index in [1.54, 1.807) is 0 Å². The molecule has 0 amide bonds. The first-order valence-electron chi connectivity index (χ1n) is 4.31. The lowest BCUT2D eigenvalue weighted by molar-refractivity contribution is -0.163. The second kappa shape index (κ2) is 4.87. The molecule has 1 aromatic rings. The van der Waals surface area contributed by atoms with Gasteiger partial charge in [0.05, 0.1) is 18.5 Å². The number of pyridine rings is 1. The normalized spacial score (nSPS) is 13.5. The van der Waals surface area contributed by atoms with Crippen molar-refractivity contribution in [1.82, 2.24) is 4.98 Å². The molecule has 0 aliphatic rings. The van der Waals surface area contributed by atoms with Gasteiger partial charge in [-0.25, -0.2) is 9.37 Å². The molecule has 1 aromatic heterocycles. The molecule has 1 N–H and O–H groups in total. The minimum Gasteiger partial charge on any atom is -0.481 e. The van der Waals surface area contributed by atoms with Crippen molar-refractivity contribution in [1.29, 1.82) is 0 Å². The van der Waals surface area contributed by atoms with Gasteiger partial charge in [-0.1, -0.05) is 11.6 Å². The Kier molecular flexibility index (Phi) is 3.92. The van der Waals surface area contributed by atoms with Crippen molar-refractivity contribution in [3.8, 4) is 0 Å². The number of halogens is 5. The molecule has 0 saturated carbocycles. The van der Waals surface area contributed by atoms with Crippen molar-refractivity contribution < 1.29 is 27.5 Å². The second-order valence-electron chi connectivity index (χ2n) is 3.23. The number of carboxylic acid groups (broad SMARTS) is 1. The number of aliphatic carboxylic acids is 1. The lowest BCUT2D eigenvalue weighted by Gasteiger charge is -2.19. The third-order valence-electron chi connectivity index (χ3n) is 1.98. The fourth-order valence-corrected chi connectivity index (χ4v) is 1.49. The Morgan fingerprint density at radius 3 is 2.59 bits per heavy atom. The topological polar surface area (TPSA) is 50.2 Å². The zero-order valence-electron chi connectivity index (χ0n) is 8.13. The molecule has 0 saturated heterocycles. The summed E-state index contributed by atoms with van der Waals surface area (Å²) in [4.78, 5) is 13.6. The van der Waals surface area contributed by atoms with Crippen LogP contribution < -0.4 is 0 Å². The Hall–Kier alpha value is -1.37. The van der Waals surface area contributed by atoms with Gasteiger partial charge in [0.2, 0.25) is 0 Å². The van der Waals surface area contributed by atoms with Gasteiger partial charge in [-0.3, -0.25) is 4.79 Å². The van der Waals surface area contributed by atoms with Gasteiger partial charge in [0, 0.05) is 5.56 Å². The molecule has 0 aliphatic carbocycles. The summed E-state index contributed by atoms with van der Waals surface area (Å²) in [5.74, 6) is -5.05. The summed E-state index contributed by atoms with van der Waals surface area (Å²) in [6, 6.07) is 0.538. The zero-order chi connectivity index (χ0) is 13.2. The van der Waals surface area contributed by atoms with Crippen LogP contribution in [-0.2, 0) is 4.79 Å². The highest BCUT2D eigenvalue weighted by atomic mass is 35.5. The Balaban J connectivity index is 3.21. The number of carbonyl (C=O) groups is 1. The van der Waals surface area contributed by atoms with E-state index in [0.29, 0.717) is 12.3 Å². The van der Waals surface area contributed by atoms with E-state index < -0.39 is 41.0 Å². The van der Waals surface area contributed by atoms with Gasteiger partial charge in [0.1, 0.15) is 11.0 Å². The molecule has 0 fully saturated rings. The van der Waals surface area contributed by atoms with E-state index in [0.717, 1.165) is 0 Å². The Morgan fingerprint density at radius 1 is 1.53 bits per heavy atom. The fraction of sp³-hybridized carbons (Fsp3) is 0.333. The largest absolute Gasteiger partial charge is 0.481 e. The molecule has 0 bridgehead atoms. The summed E-state index contributed by atoms with van der Waals surface area (Å²) in [5.41, 5.74) is -0.679. The predicted octanol–water partition coefficient (Wildman–Crippen LogP) is 2.99. The zero-order valence-corrected chi connectivity index (χ0v) is 8.89. The van der Waals surface area contributed by atoms with Crippen LogP contribution in [0, 0.1) is 5.82 Å². The van der Waals surface area contributed by atoms with Crippen LogP contribution in [0.15, 0.2) is 12.3 Å². The predicted molar refractivity (Wildman–Crippen MR) is 50.3 cm³/mol. The van der Waals surface area contributed by atoms with Gasteiger partial charge >= 0.3 is 12.1 Å². The molecule has 94 valence electrons. The molecule has 3 nitrogen and oxygen atoms in total. The molecule has 0 radical (unpaired) electrons. The minimum atomic E-state index is -4.84. The SMILES string of the molecule is O=C(O)CC(c1cc(F)cnc1Cl)C(F)(F)F. The van der Waals surface area contributed by atoms with Gasteiger partial charge in [-0.2, -0.15) is 13.2 Å². The van der Waals surface area contributed by atoms with Crippen molar-refractivity contribution in [3.05, 3.63) is 28.8 Å². The van der Waals surface area contributed by atoms with Crippen molar-refractivity contribution >= 4 is 17.6 Å². The summed E-state index contributed by atoms with van der Waals surface area (Å²) in [7, 11) is 0. The molecule has 1 unspecified atom stereocenters. The maximum Gasteiger partial charge on any atom is 0.396 e. The van der Waals surface area contributed by atoms with E-state index in [1.807, 2.05) is 0 Å². The van der Waals surface area contributed by atoms with Crippen LogP contribution in [0.1, 0.15) is 17.9 Å². The van der Waals surface area contributed by atoms with E-state index in [4.69, 9.17) is 16.7 Å². The molecular formula is C9H6ClF4NO2. The standard InChI is InChI=1S/C9H6ClF4NO2/c10-8-5(1-4(11)3-15-8)6(2-7(16)17)9(12,13)14/h1,3,6H,2H2,(H,16,17). The average Bonchev–Trinajstić information content (AvgIpc) is 2.16. The Bertz CT molecular complexity index is 435. The van der Waals surface area contributed by atoms with Crippen molar-refractivity contribution in [2.24, 2.45) is 0 Å². The van der Waals surface area contributed by atoms with Gasteiger partial charge in [-0.15, -0.1) is 0 Å². The van der Waals surface area contributed by atoms with Crippen LogP contribution in [0.4, 0.5) is 17.6 Å².